The third-order valence-electron chi connectivity index (χ3n) is 2.20. The summed E-state index contributed by atoms with van der Waals surface area (Å²) in [6.07, 6.45) is 2.46. The third-order valence-corrected chi connectivity index (χ3v) is 2.99. The van der Waals surface area contributed by atoms with Crippen LogP contribution in [0.3, 0.4) is 0 Å². The van der Waals surface area contributed by atoms with Gasteiger partial charge >= 0.3 is 5.97 Å². The molecule has 1 aromatic carbocycles. The number of nitrogens with zero attached hydrogens (tertiary/aromatic N) is 2. The van der Waals surface area contributed by atoms with Crippen LogP contribution < -0.4 is 4.74 Å². The van der Waals surface area contributed by atoms with Crippen LogP contribution in [0.2, 0.25) is 0 Å². The van der Waals surface area contributed by atoms with Gasteiger partial charge in [-0.3, -0.25) is 9.48 Å². The number of carbonyl (C=O) groups is 2. The lowest BCUT2D eigenvalue weighted by Gasteiger charge is -2.02. The zero-order valence-electron chi connectivity index (χ0n) is 9.46. The summed E-state index contributed by atoms with van der Waals surface area (Å²) in [6.45, 7) is 0. The fourth-order valence-electron chi connectivity index (χ4n) is 1.37. The number of aromatic nitrogens is 2. The highest BCUT2D eigenvalue weighted by atomic mass is 127. The Hall–Kier alpha value is -1.70. The summed E-state index contributed by atoms with van der Waals surface area (Å²) in [5.74, 6) is -0.133. The first-order valence-electron chi connectivity index (χ1n) is 5.06. The monoisotopic (exact) mass is 356 g/mol. The molecule has 0 unspecified atom stereocenters. The predicted molar refractivity (Wildman–Crippen MR) is 72.7 cm³/mol. The first kappa shape index (κ1) is 12.7. The SMILES string of the molecule is Cn1cc(I)c(C(=O)Oc2ccc(C=O)cc2)n1. The molecule has 2 aromatic rings. The van der Waals surface area contributed by atoms with E-state index in [0.717, 1.165) is 9.86 Å². The molecule has 0 spiro atoms. The zero-order chi connectivity index (χ0) is 13.1. The third kappa shape index (κ3) is 2.76. The van der Waals surface area contributed by atoms with E-state index in [0.29, 0.717) is 11.3 Å². The van der Waals surface area contributed by atoms with E-state index in [2.05, 4.69) is 5.10 Å². The second-order valence-electron chi connectivity index (χ2n) is 3.58. The maximum absolute atomic E-state index is 11.8. The lowest BCUT2D eigenvalue weighted by molar-refractivity contribution is 0.0726. The number of carbonyl (C=O) groups excluding carboxylic acids is 2. The molecular weight excluding hydrogens is 347 g/mol. The standard InChI is InChI=1S/C12H9IN2O3/c1-15-6-10(13)11(14-15)12(17)18-9-4-2-8(7-16)3-5-9/h2-7H,1H3. The molecule has 0 aliphatic carbocycles. The maximum atomic E-state index is 11.8. The molecule has 0 N–H and O–H groups in total. The Morgan fingerprint density at radius 2 is 2.06 bits per heavy atom. The molecule has 0 radical (unpaired) electrons. The molecule has 0 atom stereocenters. The van der Waals surface area contributed by atoms with E-state index in [4.69, 9.17) is 4.74 Å². The smallest absolute Gasteiger partial charge is 0.365 e. The van der Waals surface area contributed by atoms with Crippen molar-refractivity contribution in [2.75, 3.05) is 0 Å². The number of hydrogen-bond acceptors (Lipinski definition) is 4. The number of rotatable bonds is 3. The van der Waals surface area contributed by atoms with Gasteiger partial charge in [0, 0.05) is 18.8 Å². The highest BCUT2D eigenvalue weighted by Gasteiger charge is 2.16. The number of hydrogen-bond donors (Lipinski definition) is 0. The molecule has 0 bridgehead atoms. The van der Waals surface area contributed by atoms with Crippen LogP contribution >= 0.6 is 22.6 Å². The second kappa shape index (κ2) is 5.30. The van der Waals surface area contributed by atoms with E-state index in [9.17, 15) is 9.59 Å². The van der Waals surface area contributed by atoms with E-state index < -0.39 is 5.97 Å². The minimum Gasteiger partial charge on any atom is -0.422 e. The van der Waals surface area contributed by atoms with Gasteiger partial charge in [0.25, 0.3) is 0 Å². The van der Waals surface area contributed by atoms with Crippen LogP contribution in [0.25, 0.3) is 0 Å². The van der Waals surface area contributed by atoms with Crippen molar-refractivity contribution in [2.24, 2.45) is 7.05 Å². The average Bonchev–Trinajstić information content (AvgIpc) is 2.69. The first-order valence-corrected chi connectivity index (χ1v) is 6.14. The second-order valence-corrected chi connectivity index (χ2v) is 4.74. The summed E-state index contributed by atoms with van der Waals surface area (Å²) in [5, 5.41) is 4.02. The average molecular weight is 356 g/mol. The van der Waals surface area contributed by atoms with Crippen molar-refractivity contribution in [3.05, 3.63) is 45.3 Å². The highest BCUT2D eigenvalue weighted by Crippen LogP contribution is 2.15. The lowest BCUT2D eigenvalue weighted by atomic mass is 10.2. The van der Waals surface area contributed by atoms with Crippen molar-refractivity contribution >= 4 is 34.8 Å². The van der Waals surface area contributed by atoms with Crippen molar-refractivity contribution < 1.29 is 14.3 Å². The van der Waals surface area contributed by atoms with Gasteiger partial charge in [-0.15, -0.1) is 0 Å². The summed E-state index contributed by atoms with van der Waals surface area (Å²) in [7, 11) is 1.73. The Bertz CT molecular complexity index is 590. The molecule has 0 aliphatic heterocycles. The largest absolute Gasteiger partial charge is 0.422 e. The molecule has 0 aliphatic rings. The van der Waals surface area contributed by atoms with E-state index >= 15 is 0 Å². The summed E-state index contributed by atoms with van der Waals surface area (Å²) in [4.78, 5) is 22.3. The molecule has 92 valence electrons. The quantitative estimate of drug-likeness (QED) is 0.366. The number of ether oxygens (including phenoxy) is 1. The zero-order valence-corrected chi connectivity index (χ0v) is 11.6. The molecule has 1 aromatic heterocycles. The molecule has 0 fully saturated rings. The van der Waals surface area contributed by atoms with Gasteiger partial charge in [-0.1, -0.05) is 0 Å². The van der Waals surface area contributed by atoms with Gasteiger partial charge in [-0.25, -0.2) is 4.79 Å². The number of halogens is 1. The Labute approximate surface area is 117 Å². The van der Waals surface area contributed by atoms with E-state index in [1.54, 1.807) is 42.2 Å². The minimum atomic E-state index is -0.515. The van der Waals surface area contributed by atoms with Gasteiger partial charge in [0.2, 0.25) is 0 Å². The van der Waals surface area contributed by atoms with Crippen LogP contribution in [-0.4, -0.2) is 22.0 Å². The molecular formula is C12H9IN2O3. The number of esters is 1. The van der Waals surface area contributed by atoms with Gasteiger partial charge in [-0.2, -0.15) is 5.10 Å². The summed E-state index contributed by atoms with van der Waals surface area (Å²) < 4.78 is 7.43. The summed E-state index contributed by atoms with van der Waals surface area (Å²) in [5.41, 5.74) is 0.805. The van der Waals surface area contributed by atoms with Gasteiger partial charge in [0.05, 0.1) is 3.57 Å². The Morgan fingerprint density at radius 1 is 1.39 bits per heavy atom. The molecule has 0 saturated carbocycles. The van der Waals surface area contributed by atoms with Crippen LogP contribution in [0.1, 0.15) is 20.8 Å². The predicted octanol–water partition coefficient (Wildman–Crippen LogP) is 2.06. The molecule has 5 nitrogen and oxygen atoms in total. The highest BCUT2D eigenvalue weighted by molar-refractivity contribution is 14.1. The molecule has 6 heteroatoms. The van der Waals surface area contributed by atoms with Crippen LogP contribution in [0.5, 0.6) is 5.75 Å². The minimum absolute atomic E-state index is 0.276. The Morgan fingerprint density at radius 3 is 2.56 bits per heavy atom. The van der Waals surface area contributed by atoms with Crippen molar-refractivity contribution in [1.82, 2.24) is 9.78 Å². The molecule has 18 heavy (non-hydrogen) atoms. The molecule has 2 rings (SSSR count). The maximum Gasteiger partial charge on any atom is 0.365 e. The number of aldehydes is 1. The van der Waals surface area contributed by atoms with Gasteiger partial charge < -0.3 is 4.74 Å². The fraction of sp³-hybridized carbons (Fsp3) is 0.0833. The van der Waals surface area contributed by atoms with Gasteiger partial charge in [0.1, 0.15) is 12.0 Å². The van der Waals surface area contributed by atoms with E-state index in [1.165, 1.54) is 0 Å². The van der Waals surface area contributed by atoms with Crippen molar-refractivity contribution in [3.8, 4) is 5.75 Å². The van der Waals surface area contributed by atoms with E-state index in [1.807, 2.05) is 22.6 Å². The van der Waals surface area contributed by atoms with Crippen molar-refractivity contribution in [3.63, 3.8) is 0 Å². The van der Waals surface area contributed by atoms with Crippen molar-refractivity contribution in [1.29, 1.82) is 0 Å². The van der Waals surface area contributed by atoms with Gasteiger partial charge in [-0.05, 0) is 46.9 Å². The topological polar surface area (TPSA) is 61.2 Å². The van der Waals surface area contributed by atoms with Gasteiger partial charge in [0.15, 0.2) is 5.69 Å². The fourth-order valence-corrected chi connectivity index (χ4v) is 2.10. The molecule has 0 amide bonds. The molecule has 1 heterocycles. The number of aryl methyl sites for hydroxylation is 1. The lowest BCUT2D eigenvalue weighted by Crippen LogP contribution is -2.11. The van der Waals surface area contributed by atoms with Crippen LogP contribution in [0, 0.1) is 3.57 Å². The summed E-state index contributed by atoms with van der Waals surface area (Å²) >= 11 is 2.02. The van der Waals surface area contributed by atoms with Crippen molar-refractivity contribution in [2.45, 2.75) is 0 Å². The Kier molecular flexibility index (Phi) is 3.75. The van der Waals surface area contributed by atoms with Crippen LogP contribution in [0.15, 0.2) is 30.5 Å². The van der Waals surface area contributed by atoms with Crippen LogP contribution in [0.4, 0.5) is 0 Å². The first-order chi connectivity index (χ1) is 8.60. The Balaban J connectivity index is 2.15. The number of benzene rings is 1. The van der Waals surface area contributed by atoms with Crippen LogP contribution in [-0.2, 0) is 7.05 Å². The molecule has 0 saturated heterocycles. The summed E-state index contributed by atoms with van der Waals surface area (Å²) in [6, 6.07) is 6.30. The normalized spacial score (nSPS) is 10.1. The van der Waals surface area contributed by atoms with E-state index in [-0.39, 0.29) is 5.69 Å².